The highest BCUT2D eigenvalue weighted by atomic mass is 35.5. The summed E-state index contributed by atoms with van der Waals surface area (Å²) >= 11 is 6.16. The number of rotatable bonds is 4. The summed E-state index contributed by atoms with van der Waals surface area (Å²) in [6, 6.07) is 18.4. The van der Waals surface area contributed by atoms with Crippen molar-refractivity contribution < 1.29 is 4.79 Å². The highest BCUT2D eigenvalue weighted by molar-refractivity contribution is 6.33. The van der Waals surface area contributed by atoms with Crippen molar-refractivity contribution in [1.82, 2.24) is 4.98 Å². The van der Waals surface area contributed by atoms with E-state index in [0.717, 1.165) is 11.3 Å². The van der Waals surface area contributed by atoms with Crippen LogP contribution in [-0.4, -0.2) is 10.9 Å². The monoisotopic (exact) mass is 337 g/mol. The van der Waals surface area contributed by atoms with Crippen molar-refractivity contribution in [3.8, 4) is 0 Å². The molecule has 0 aliphatic heterocycles. The fourth-order valence-corrected chi connectivity index (χ4v) is 2.48. The van der Waals surface area contributed by atoms with Crippen LogP contribution in [-0.2, 0) is 0 Å². The Hall–Kier alpha value is -2.85. The molecule has 0 atom stereocenters. The minimum Gasteiger partial charge on any atom is -0.338 e. The molecule has 2 N–H and O–H groups in total. The summed E-state index contributed by atoms with van der Waals surface area (Å²) in [5, 5.41) is 6.57. The highest BCUT2D eigenvalue weighted by Gasteiger charge is 2.13. The number of benzene rings is 2. The molecular formula is C19H16ClN3O. The molecule has 0 radical (unpaired) electrons. The molecule has 0 fully saturated rings. The van der Waals surface area contributed by atoms with E-state index < -0.39 is 0 Å². The van der Waals surface area contributed by atoms with E-state index in [2.05, 4.69) is 15.6 Å². The number of hydrogen-bond donors (Lipinski definition) is 2. The lowest BCUT2D eigenvalue weighted by atomic mass is 10.2. The number of carbonyl (C=O) groups excluding carboxylic acids is 1. The number of halogens is 1. The standard InChI is InChI=1S/C19H16ClN3O/c1-13-6-4-7-14(12-13)22-19(24)15-8-5-11-21-18(15)23-17-10-3-2-9-16(17)20/h2-12H,1H3,(H,21,23)(H,22,24). The van der Waals surface area contributed by atoms with Gasteiger partial charge >= 0.3 is 0 Å². The van der Waals surface area contributed by atoms with Gasteiger partial charge in [0.05, 0.1) is 16.3 Å². The normalized spacial score (nSPS) is 10.2. The van der Waals surface area contributed by atoms with Crippen LogP contribution in [0.1, 0.15) is 15.9 Å². The number of amides is 1. The molecule has 0 bridgehead atoms. The van der Waals surface area contributed by atoms with Crippen LogP contribution in [0.3, 0.4) is 0 Å². The number of nitrogens with one attached hydrogen (secondary N) is 2. The Morgan fingerprint density at radius 1 is 1.04 bits per heavy atom. The number of anilines is 3. The molecule has 2 aromatic carbocycles. The van der Waals surface area contributed by atoms with Crippen LogP contribution >= 0.6 is 11.6 Å². The quantitative estimate of drug-likeness (QED) is 0.701. The first kappa shape index (κ1) is 16.0. The number of aryl methyl sites for hydroxylation is 1. The van der Waals surface area contributed by atoms with E-state index in [1.807, 2.05) is 49.4 Å². The second-order valence-electron chi connectivity index (χ2n) is 5.33. The molecule has 0 aliphatic carbocycles. The van der Waals surface area contributed by atoms with Gasteiger partial charge in [0.2, 0.25) is 0 Å². The van der Waals surface area contributed by atoms with E-state index in [9.17, 15) is 4.79 Å². The predicted molar refractivity (Wildman–Crippen MR) is 98.1 cm³/mol. The summed E-state index contributed by atoms with van der Waals surface area (Å²) < 4.78 is 0. The van der Waals surface area contributed by atoms with Crippen molar-refractivity contribution >= 4 is 34.7 Å². The van der Waals surface area contributed by atoms with Gasteiger partial charge in [0, 0.05) is 11.9 Å². The first-order valence-corrected chi connectivity index (χ1v) is 7.86. The van der Waals surface area contributed by atoms with E-state index in [0.29, 0.717) is 22.1 Å². The largest absolute Gasteiger partial charge is 0.338 e. The SMILES string of the molecule is Cc1cccc(NC(=O)c2cccnc2Nc2ccccc2Cl)c1. The first-order valence-electron chi connectivity index (χ1n) is 7.48. The molecule has 24 heavy (non-hydrogen) atoms. The maximum absolute atomic E-state index is 12.6. The molecule has 1 amide bonds. The Balaban J connectivity index is 1.86. The first-order chi connectivity index (χ1) is 11.6. The molecule has 0 unspecified atom stereocenters. The van der Waals surface area contributed by atoms with Crippen LogP contribution < -0.4 is 10.6 Å². The molecule has 4 nitrogen and oxygen atoms in total. The Morgan fingerprint density at radius 3 is 2.67 bits per heavy atom. The smallest absolute Gasteiger partial charge is 0.259 e. The van der Waals surface area contributed by atoms with Gasteiger partial charge in [0.25, 0.3) is 5.91 Å². The van der Waals surface area contributed by atoms with Gasteiger partial charge in [-0.1, -0.05) is 35.9 Å². The molecule has 0 saturated carbocycles. The van der Waals surface area contributed by atoms with E-state index in [-0.39, 0.29) is 5.91 Å². The van der Waals surface area contributed by atoms with Crippen molar-refractivity contribution in [2.45, 2.75) is 6.92 Å². The third-order valence-electron chi connectivity index (χ3n) is 3.46. The number of para-hydroxylation sites is 1. The van der Waals surface area contributed by atoms with Gasteiger partial charge in [0.15, 0.2) is 0 Å². The van der Waals surface area contributed by atoms with E-state index >= 15 is 0 Å². The fourth-order valence-electron chi connectivity index (χ4n) is 2.30. The maximum Gasteiger partial charge on any atom is 0.259 e. The summed E-state index contributed by atoms with van der Waals surface area (Å²) in [5.41, 5.74) is 2.96. The Kier molecular flexibility index (Phi) is 4.77. The van der Waals surface area contributed by atoms with Crippen LogP contribution in [0.25, 0.3) is 0 Å². The van der Waals surface area contributed by atoms with Crippen LogP contribution in [0.2, 0.25) is 5.02 Å². The van der Waals surface area contributed by atoms with Gasteiger partial charge in [-0.05, 0) is 48.9 Å². The van der Waals surface area contributed by atoms with Crippen LogP contribution in [0.4, 0.5) is 17.2 Å². The zero-order valence-electron chi connectivity index (χ0n) is 13.1. The topological polar surface area (TPSA) is 54.0 Å². The van der Waals surface area contributed by atoms with Crippen LogP contribution in [0.15, 0.2) is 66.9 Å². The van der Waals surface area contributed by atoms with Crippen LogP contribution in [0.5, 0.6) is 0 Å². The number of pyridine rings is 1. The third-order valence-corrected chi connectivity index (χ3v) is 3.78. The van der Waals surface area contributed by atoms with Gasteiger partial charge in [-0.25, -0.2) is 4.98 Å². The Labute approximate surface area is 145 Å². The molecule has 0 spiro atoms. The van der Waals surface area contributed by atoms with Gasteiger partial charge in [0.1, 0.15) is 5.82 Å². The van der Waals surface area contributed by atoms with E-state index in [1.165, 1.54) is 0 Å². The number of nitrogens with zero attached hydrogens (tertiary/aromatic N) is 1. The zero-order valence-corrected chi connectivity index (χ0v) is 13.8. The molecular weight excluding hydrogens is 322 g/mol. The minimum atomic E-state index is -0.233. The third kappa shape index (κ3) is 3.73. The van der Waals surface area contributed by atoms with Gasteiger partial charge < -0.3 is 10.6 Å². The minimum absolute atomic E-state index is 0.233. The number of hydrogen-bond acceptors (Lipinski definition) is 3. The molecule has 3 aromatic rings. The lowest BCUT2D eigenvalue weighted by Crippen LogP contribution is -2.14. The Morgan fingerprint density at radius 2 is 1.88 bits per heavy atom. The van der Waals surface area contributed by atoms with Crippen molar-refractivity contribution in [2.24, 2.45) is 0 Å². The lowest BCUT2D eigenvalue weighted by molar-refractivity contribution is 0.102. The molecule has 1 aromatic heterocycles. The van der Waals surface area contributed by atoms with Crippen molar-refractivity contribution in [3.05, 3.63) is 83.0 Å². The fraction of sp³-hybridized carbons (Fsp3) is 0.0526. The van der Waals surface area contributed by atoms with E-state index in [1.54, 1.807) is 24.4 Å². The second-order valence-corrected chi connectivity index (χ2v) is 5.74. The zero-order chi connectivity index (χ0) is 16.9. The van der Waals surface area contributed by atoms with Crippen molar-refractivity contribution in [3.63, 3.8) is 0 Å². The summed E-state index contributed by atoms with van der Waals surface area (Å²) in [5.74, 6) is 0.221. The molecule has 120 valence electrons. The second kappa shape index (κ2) is 7.15. The predicted octanol–water partition coefficient (Wildman–Crippen LogP) is 5.04. The number of carbonyl (C=O) groups is 1. The van der Waals surface area contributed by atoms with E-state index in [4.69, 9.17) is 11.6 Å². The molecule has 1 heterocycles. The summed E-state index contributed by atoms with van der Waals surface area (Å²) in [7, 11) is 0. The highest BCUT2D eigenvalue weighted by Crippen LogP contribution is 2.26. The lowest BCUT2D eigenvalue weighted by Gasteiger charge is -2.12. The van der Waals surface area contributed by atoms with Crippen LogP contribution in [0, 0.1) is 6.92 Å². The average molecular weight is 338 g/mol. The Bertz CT molecular complexity index is 880. The molecule has 3 rings (SSSR count). The molecule has 5 heteroatoms. The maximum atomic E-state index is 12.6. The summed E-state index contributed by atoms with van der Waals surface area (Å²) in [6.07, 6.45) is 1.63. The van der Waals surface area contributed by atoms with Gasteiger partial charge in [-0.3, -0.25) is 4.79 Å². The van der Waals surface area contributed by atoms with Crippen molar-refractivity contribution in [2.75, 3.05) is 10.6 Å². The molecule has 0 saturated heterocycles. The number of aromatic nitrogens is 1. The average Bonchev–Trinajstić information content (AvgIpc) is 2.57. The summed E-state index contributed by atoms with van der Waals surface area (Å²) in [6.45, 7) is 1.98. The summed E-state index contributed by atoms with van der Waals surface area (Å²) in [4.78, 5) is 16.9. The van der Waals surface area contributed by atoms with Crippen molar-refractivity contribution in [1.29, 1.82) is 0 Å². The van der Waals surface area contributed by atoms with Gasteiger partial charge in [-0.15, -0.1) is 0 Å². The molecule has 0 aliphatic rings. The van der Waals surface area contributed by atoms with Gasteiger partial charge in [-0.2, -0.15) is 0 Å².